The number of nitrogens with one attached hydrogen (secondary N) is 3. The summed E-state index contributed by atoms with van der Waals surface area (Å²) in [6, 6.07) is 3.95. The first-order chi connectivity index (χ1) is 9.65. The Bertz CT molecular complexity index is 406. The van der Waals surface area contributed by atoms with E-state index >= 15 is 0 Å². The molecular weight excluding hydrogens is 316 g/mol. The molecule has 0 bridgehead atoms. The minimum atomic E-state index is -0.326. The lowest BCUT2D eigenvalue weighted by Crippen LogP contribution is -2.46. The largest absolute Gasteiger partial charge is 0.464 e. The van der Waals surface area contributed by atoms with Gasteiger partial charge in [-0.1, -0.05) is 0 Å². The van der Waals surface area contributed by atoms with Crippen molar-refractivity contribution in [2.45, 2.75) is 18.5 Å². The molecule has 1 aromatic heterocycles. The summed E-state index contributed by atoms with van der Waals surface area (Å²) in [5.41, 5.74) is 0. The third-order valence-corrected chi connectivity index (χ3v) is 3.61. The van der Waals surface area contributed by atoms with Gasteiger partial charge in [0.15, 0.2) is 0 Å². The van der Waals surface area contributed by atoms with Gasteiger partial charge in [-0.15, -0.1) is 12.4 Å². The van der Waals surface area contributed by atoms with E-state index in [1.165, 1.54) is 0 Å². The minimum absolute atomic E-state index is 0. The first kappa shape index (κ1) is 20.2. The molecular formula is C12H23ClN4O3S. The maximum Gasteiger partial charge on any atom is 0.231 e. The molecule has 9 heteroatoms. The fourth-order valence-electron chi connectivity index (χ4n) is 1.65. The van der Waals surface area contributed by atoms with Crippen molar-refractivity contribution < 1.29 is 9.34 Å². The Morgan fingerprint density at radius 2 is 2.10 bits per heavy atom. The van der Waals surface area contributed by atoms with Crippen molar-refractivity contribution in [3.8, 4) is 0 Å². The van der Waals surface area contributed by atoms with E-state index in [2.05, 4.69) is 16.0 Å². The zero-order valence-electron chi connectivity index (χ0n) is 12.3. The van der Waals surface area contributed by atoms with Crippen LogP contribution in [0.1, 0.15) is 11.5 Å². The summed E-state index contributed by atoms with van der Waals surface area (Å²) in [6.45, 7) is 1.33. The van der Waals surface area contributed by atoms with Gasteiger partial charge in [0.05, 0.1) is 12.3 Å². The van der Waals surface area contributed by atoms with Gasteiger partial charge in [0.25, 0.3) is 0 Å². The van der Waals surface area contributed by atoms with Crippen LogP contribution in [-0.4, -0.2) is 44.0 Å². The normalized spacial score (nSPS) is 11.9. The molecule has 0 aromatic carbocycles. The lowest BCUT2D eigenvalue weighted by molar-refractivity contribution is -0.484. The number of furan rings is 1. The van der Waals surface area contributed by atoms with E-state index in [1.807, 2.05) is 19.2 Å². The van der Waals surface area contributed by atoms with Gasteiger partial charge in [0.2, 0.25) is 6.54 Å². The van der Waals surface area contributed by atoms with Gasteiger partial charge in [-0.2, -0.15) is 11.8 Å². The molecule has 0 fully saturated rings. The molecule has 0 radical (unpaired) electrons. The molecule has 122 valence electrons. The molecule has 21 heavy (non-hydrogen) atoms. The number of halogens is 1. The number of likely N-dealkylation sites (N-methyl/N-ethyl adjacent to an activating group) is 1. The summed E-state index contributed by atoms with van der Waals surface area (Å²) in [4.78, 5) is 10.1. The molecule has 0 saturated carbocycles. The maximum absolute atomic E-state index is 10.4. The van der Waals surface area contributed by atoms with Gasteiger partial charge in [0, 0.05) is 17.2 Å². The molecule has 7 nitrogen and oxygen atoms in total. The predicted molar refractivity (Wildman–Crippen MR) is 87.6 cm³/mol. The van der Waals surface area contributed by atoms with Crippen LogP contribution in [0.2, 0.25) is 0 Å². The molecule has 3 N–H and O–H groups in total. The molecule has 1 aromatic rings. The molecule has 0 aliphatic heterocycles. The monoisotopic (exact) mass is 338 g/mol. The Hall–Kier alpha value is -0.800. The Morgan fingerprint density at radius 1 is 1.38 bits per heavy atom. The van der Waals surface area contributed by atoms with Gasteiger partial charge in [0.1, 0.15) is 17.7 Å². The molecule has 1 heterocycles. The zero-order valence-corrected chi connectivity index (χ0v) is 13.9. The van der Waals surface area contributed by atoms with Crippen molar-refractivity contribution in [3.05, 3.63) is 33.8 Å². The van der Waals surface area contributed by atoms with E-state index in [0.717, 1.165) is 29.6 Å². The number of rotatable bonds is 11. The Labute approximate surface area is 135 Å². The first-order valence-corrected chi connectivity index (χ1v) is 7.63. The first-order valence-electron chi connectivity index (χ1n) is 6.48. The molecule has 0 amide bonds. The van der Waals surface area contributed by atoms with Crippen LogP contribution in [0.15, 0.2) is 16.5 Å². The summed E-state index contributed by atoms with van der Waals surface area (Å²) in [6.07, 6.45) is -0.281. The van der Waals surface area contributed by atoms with E-state index < -0.39 is 0 Å². The average molecular weight is 339 g/mol. The van der Waals surface area contributed by atoms with Crippen LogP contribution >= 0.6 is 24.2 Å². The highest BCUT2D eigenvalue weighted by atomic mass is 35.5. The summed E-state index contributed by atoms with van der Waals surface area (Å²) in [5, 5.41) is 19.4. The van der Waals surface area contributed by atoms with E-state index in [4.69, 9.17) is 4.42 Å². The van der Waals surface area contributed by atoms with Crippen molar-refractivity contribution >= 4 is 24.2 Å². The zero-order chi connectivity index (χ0) is 14.8. The Morgan fingerprint density at radius 3 is 2.71 bits per heavy atom. The number of thioether (sulfide) groups is 1. The Kier molecular flexibility index (Phi) is 11.4. The van der Waals surface area contributed by atoms with Crippen LogP contribution in [0, 0.1) is 10.1 Å². The Balaban J connectivity index is 0.00000400. The summed E-state index contributed by atoms with van der Waals surface area (Å²) in [5.74, 6) is 3.57. The van der Waals surface area contributed by atoms with Gasteiger partial charge < -0.3 is 9.73 Å². The SMILES string of the molecule is CNCc1ccc(CSCCNC(C[N+](=O)[O-])NC)o1.Cl. The molecule has 1 rings (SSSR count). The van der Waals surface area contributed by atoms with Gasteiger partial charge in [-0.25, -0.2) is 0 Å². The van der Waals surface area contributed by atoms with Crippen LogP contribution in [0.3, 0.4) is 0 Å². The molecule has 0 aliphatic carbocycles. The second kappa shape index (κ2) is 11.8. The van der Waals surface area contributed by atoms with Crippen LogP contribution < -0.4 is 16.0 Å². The van der Waals surface area contributed by atoms with E-state index in [9.17, 15) is 10.1 Å². The van der Waals surface area contributed by atoms with Crippen LogP contribution in [0.4, 0.5) is 0 Å². The standard InChI is InChI=1S/C12H22N4O3S.ClH/c1-13-7-10-3-4-11(19-10)9-20-6-5-15-12(14-2)8-16(17)18;/h3-4,12-15H,5-9H2,1-2H3;1H. The molecule has 0 saturated heterocycles. The van der Waals surface area contributed by atoms with E-state index in [1.54, 1.807) is 18.8 Å². The predicted octanol–water partition coefficient (Wildman–Crippen LogP) is 1.07. The minimum Gasteiger partial charge on any atom is -0.464 e. The smallest absolute Gasteiger partial charge is 0.231 e. The summed E-state index contributed by atoms with van der Waals surface area (Å²) in [7, 11) is 3.59. The highest BCUT2D eigenvalue weighted by Crippen LogP contribution is 2.14. The maximum atomic E-state index is 10.4. The van der Waals surface area contributed by atoms with Gasteiger partial charge >= 0.3 is 0 Å². The van der Waals surface area contributed by atoms with Crippen LogP contribution in [0.25, 0.3) is 0 Å². The average Bonchev–Trinajstić information content (AvgIpc) is 2.84. The summed E-state index contributed by atoms with van der Waals surface area (Å²) >= 11 is 1.73. The van der Waals surface area contributed by atoms with Crippen LogP contribution in [0.5, 0.6) is 0 Å². The van der Waals surface area contributed by atoms with Crippen molar-refractivity contribution in [3.63, 3.8) is 0 Å². The van der Waals surface area contributed by atoms with Gasteiger partial charge in [-0.3, -0.25) is 20.7 Å². The number of nitro groups is 1. The second-order valence-electron chi connectivity index (χ2n) is 4.26. The third kappa shape index (κ3) is 8.94. The van der Waals surface area contributed by atoms with Crippen molar-refractivity contribution in [1.29, 1.82) is 0 Å². The van der Waals surface area contributed by atoms with Gasteiger partial charge in [-0.05, 0) is 26.2 Å². The number of hydrogen-bond donors (Lipinski definition) is 3. The second-order valence-corrected chi connectivity index (χ2v) is 5.37. The molecule has 1 atom stereocenters. The van der Waals surface area contributed by atoms with Crippen LogP contribution in [-0.2, 0) is 12.3 Å². The fraction of sp³-hybridized carbons (Fsp3) is 0.667. The quantitative estimate of drug-likeness (QED) is 0.240. The highest BCUT2D eigenvalue weighted by molar-refractivity contribution is 7.98. The van der Waals surface area contributed by atoms with E-state index in [-0.39, 0.29) is 30.0 Å². The molecule has 0 aliphatic rings. The number of hydrogen-bond acceptors (Lipinski definition) is 7. The highest BCUT2D eigenvalue weighted by Gasteiger charge is 2.11. The van der Waals surface area contributed by atoms with Crippen molar-refractivity contribution in [2.75, 3.05) is 32.9 Å². The van der Waals surface area contributed by atoms with Crippen molar-refractivity contribution in [1.82, 2.24) is 16.0 Å². The van der Waals surface area contributed by atoms with E-state index in [0.29, 0.717) is 6.54 Å². The lowest BCUT2D eigenvalue weighted by atomic mass is 10.4. The lowest BCUT2D eigenvalue weighted by Gasteiger charge is -2.13. The molecule has 1 unspecified atom stereocenters. The van der Waals surface area contributed by atoms with Crippen molar-refractivity contribution in [2.24, 2.45) is 0 Å². The summed E-state index contributed by atoms with van der Waals surface area (Å²) < 4.78 is 5.62. The third-order valence-electron chi connectivity index (χ3n) is 2.63. The fourth-order valence-corrected chi connectivity index (χ4v) is 2.42. The topological polar surface area (TPSA) is 92.4 Å². The number of nitrogens with zero attached hydrogens (tertiary/aromatic N) is 1. The molecule has 0 spiro atoms.